The molecule has 3 N–H and O–H groups in total. The summed E-state index contributed by atoms with van der Waals surface area (Å²) in [5.74, 6) is -0.866. The zero-order valence-corrected chi connectivity index (χ0v) is 14.4. The number of primary amides is 1. The molecule has 2 aromatic rings. The van der Waals surface area contributed by atoms with Gasteiger partial charge in [0.1, 0.15) is 6.04 Å². The molecule has 24 heavy (non-hydrogen) atoms. The van der Waals surface area contributed by atoms with Crippen LogP contribution in [0.4, 0.5) is 0 Å². The zero-order chi connectivity index (χ0) is 17.5. The average Bonchev–Trinajstić information content (AvgIpc) is 2.94. The van der Waals surface area contributed by atoms with Crippen molar-refractivity contribution in [2.45, 2.75) is 58.5 Å². The van der Waals surface area contributed by atoms with Crippen molar-refractivity contribution in [3.63, 3.8) is 0 Å². The maximum atomic E-state index is 12.6. The molecule has 2 rings (SSSR count). The van der Waals surface area contributed by atoms with Crippen LogP contribution in [0, 0.1) is 0 Å². The number of benzene rings is 1. The number of amides is 2. The standard InChI is InChI=1S/C18H26N4O2/c1-3-5-8-12-22-15-11-7-6-10-13(15)16(21-22)18(24)20-14(9-4-2)17(19)23/h6-7,10-11,14H,3-5,8-9,12H2,1-2H3,(H2,19,23)(H,20,24). The van der Waals surface area contributed by atoms with Crippen LogP contribution in [0.2, 0.25) is 0 Å². The number of unbranched alkanes of at least 4 members (excludes halogenated alkanes) is 2. The van der Waals surface area contributed by atoms with E-state index >= 15 is 0 Å². The second-order valence-corrected chi connectivity index (χ2v) is 6.01. The van der Waals surface area contributed by atoms with Gasteiger partial charge in [-0.15, -0.1) is 0 Å². The normalized spacial score (nSPS) is 12.2. The van der Waals surface area contributed by atoms with Crippen molar-refractivity contribution in [1.29, 1.82) is 0 Å². The minimum atomic E-state index is -0.661. The van der Waals surface area contributed by atoms with Gasteiger partial charge in [0.05, 0.1) is 5.52 Å². The Kier molecular flexibility index (Phi) is 6.35. The van der Waals surface area contributed by atoms with Crippen LogP contribution in [0.15, 0.2) is 24.3 Å². The number of para-hydroxylation sites is 1. The SMILES string of the molecule is CCCCCn1nc(C(=O)NC(CCC)C(N)=O)c2ccccc21. The molecule has 1 unspecified atom stereocenters. The van der Waals surface area contributed by atoms with Crippen LogP contribution in [0.1, 0.15) is 56.4 Å². The number of aromatic nitrogens is 2. The Morgan fingerprint density at radius 3 is 2.62 bits per heavy atom. The summed E-state index contributed by atoms with van der Waals surface area (Å²) in [4.78, 5) is 24.1. The van der Waals surface area contributed by atoms with Crippen molar-refractivity contribution in [3.8, 4) is 0 Å². The first-order chi connectivity index (χ1) is 11.6. The maximum absolute atomic E-state index is 12.6. The minimum absolute atomic E-state index is 0.349. The first-order valence-corrected chi connectivity index (χ1v) is 8.64. The number of carbonyl (C=O) groups is 2. The Bertz CT molecular complexity index is 708. The topological polar surface area (TPSA) is 90.0 Å². The molecule has 0 fully saturated rings. The molecule has 0 saturated heterocycles. The number of aryl methyl sites for hydroxylation is 1. The van der Waals surface area contributed by atoms with Crippen LogP contribution in [-0.2, 0) is 11.3 Å². The number of hydrogen-bond donors (Lipinski definition) is 2. The van der Waals surface area contributed by atoms with Crippen LogP contribution in [-0.4, -0.2) is 27.6 Å². The lowest BCUT2D eigenvalue weighted by Crippen LogP contribution is -2.44. The van der Waals surface area contributed by atoms with Crippen LogP contribution in [0.3, 0.4) is 0 Å². The molecular weight excluding hydrogens is 304 g/mol. The van der Waals surface area contributed by atoms with E-state index in [2.05, 4.69) is 17.3 Å². The van der Waals surface area contributed by atoms with Crippen molar-refractivity contribution in [1.82, 2.24) is 15.1 Å². The second kappa shape index (κ2) is 8.47. The Morgan fingerprint density at radius 2 is 1.96 bits per heavy atom. The van der Waals surface area contributed by atoms with Gasteiger partial charge in [0.25, 0.3) is 5.91 Å². The van der Waals surface area contributed by atoms with Gasteiger partial charge in [0.2, 0.25) is 5.91 Å². The third kappa shape index (κ3) is 4.13. The van der Waals surface area contributed by atoms with Crippen molar-refractivity contribution in [2.75, 3.05) is 0 Å². The number of nitrogens with zero attached hydrogens (tertiary/aromatic N) is 2. The summed E-state index contributed by atoms with van der Waals surface area (Å²) >= 11 is 0. The van der Waals surface area contributed by atoms with Gasteiger partial charge in [-0.2, -0.15) is 5.10 Å². The summed E-state index contributed by atoms with van der Waals surface area (Å²) in [5.41, 5.74) is 6.66. The van der Waals surface area contributed by atoms with Gasteiger partial charge < -0.3 is 11.1 Å². The number of fused-ring (bicyclic) bond motifs is 1. The minimum Gasteiger partial charge on any atom is -0.368 e. The molecule has 0 aliphatic rings. The molecule has 1 heterocycles. The molecule has 1 aromatic heterocycles. The maximum Gasteiger partial charge on any atom is 0.273 e. The van der Waals surface area contributed by atoms with E-state index in [9.17, 15) is 9.59 Å². The van der Waals surface area contributed by atoms with Crippen LogP contribution in [0.25, 0.3) is 10.9 Å². The highest BCUT2D eigenvalue weighted by Gasteiger charge is 2.22. The first-order valence-electron chi connectivity index (χ1n) is 8.64. The van der Waals surface area contributed by atoms with Crippen molar-refractivity contribution < 1.29 is 9.59 Å². The molecular formula is C18H26N4O2. The van der Waals surface area contributed by atoms with E-state index < -0.39 is 11.9 Å². The van der Waals surface area contributed by atoms with Crippen molar-refractivity contribution >= 4 is 22.7 Å². The van der Waals surface area contributed by atoms with E-state index in [0.29, 0.717) is 12.1 Å². The summed E-state index contributed by atoms with van der Waals surface area (Å²) < 4.78 is 1.87. The van der Waals surface area contributed by atoms with E-state index in [1.807, 2.05) is 35.9 Å². The third-order valence-corrected chi connectivity index (χ3v) is 4.07. The quantitative estimate of drug-likeness (QED) is 0.693. The highest BCUT2D eigenvalue weighted by Crippen LogP contribution is 2.19. The van der Waals surface area contributed by atoms with Gasteiger partial charge in [-0.1, -0.05) is 51.3 Å². The summed E-state index contributed by atoms with van der Waals surface area (Å²) in [7, 11) is 0. The average molecular weight is 330 g/mol. The van der Waals surface area contributed by atoms with Gasteiger partial charge in [0, 0.05) is 11.9 Å². The third-order valence-electron chi connectivity index (χ3n) is 4.07. The predicted molar refractivity (Wildman–Crippen MR) is 94.6 cm³/mol. The summed E-state index contributed by atoms with van der Waals surface area (Å²) in [6.45, 7) is 4.87. The first kappa shape index (κ1) is 18.0. The molecule has 0 radical (unpaired) electrons. The Balaban J connectivity index is 2.27. The molecule has 0 aliphatic carbocycles. The predicted octanol–water partition coefficient (Wildman–Crippen LogP) is 2.61. The van der Waals surface area contributed by atoms with Crippen molar-refractivity contribution in [3.05, 3.63) is 30.0 Å². The summed E-state index contributed by atoms with van der Waals surface area (Å²) in [6.07, 6.45) is 4.55. The van der Waals surface area contributed by atoms with Gasteiger partial charge in [-0.3, -0.25) is 14.3 Å². The van der Waals surface area contributed by atoms with Crippen LogP contribution < -0.4 is 11.1 Å². The Morgan fingerprint density at radius 1 is 1.21 bits per heavy atom. The molecule has 1 aromatic carbocycles. The van der Waals surface area contributed by atoms with E-state index in [4.69, 9.17) is 5.73 Å². The van der Waals surface area contributed by atoms with E-state index in [1.165, 1.54) is 0 Å². The molecule has 0 spiro atoms. The zero-order valence-electron chi connectivity index (χ0n) is 14.4. The Labute approximate surface area is 142 Å². The van der Waals surface area contributed by atoms with E-state index in [0.717, 1.165) is 43.1 Å². The molecule has 2 amide bonds. The largest absolute Gasteiger partial charge is 0.368 e. The summed E-state index contributed by atoms with van der Waals surface area (Å²) in [5, 5.41) is 8.00. The van der Waals surface area contributed by atoms with E-state index in [-0.39, 0.29) is 5.91 Å². The molecule has 130 valence electrons. The van der Waals surface area contributed by atoms with Gasteiger partial charge in [-0.25, -0.2) is 0 Å². The van der Waals surface area contributed by atoms with Gasteiger partial charge in [-0.05, 0) is 18.9 Å². The molecule has 0 bridgehead atoms. The number of rotatable bonds is 9. The van der Waals surface area contributed by atoms with Gasteiger partial charge in [0.15, 0.2) is 5.69 Å². The fourth-order valence-corrected chi connectivity index (χ4v) is 2.78. The summed E-state index contributed by atoms with van der Waals surface area (Å²) in [6, 6.07) is 7.00. The number of hydrogen-bond acceptors (Lipinski definition) is 3. The lowest BCUT2D eigenvalue weighted by Gasteiger charge is -2.13. The van der Waals surface area contributed by atoms with Gasteiger partial charge >= 0.3 is 0 Å². The smallest absolute Gasteiger partial charge is 0.273 e. The fourth-order valence-electron chi connectivity index (χ4n) is 2.78. The molecule has 0 saturated carbocycles. The Hall–Kier alpha value is -2.37. The lowest BCUT2D eigenvalue weighted by molar-refractivity contribution is -0.120. The fraction of sp³-hybridized carbons (Fsp3) is 0.500. The van der Waals surface area contributed by atoms with Crippen LogP contribution >= 0.6 is 0 Å². The number of nitrogens with two attached hydrogens (primary N) is 1. The monoisotopic (exact) mass is 330 g/mol. The lowest BCUT2D eigenvalue weighted by atomic mass is 10.1. The van der Waals surface area contributed by atoms with Crippen LogP contribution in [0.5, 0.6) is 0 Å². The molecule has 6 heteroatoms. The van der Waals surface area contributed by atoms with Crippen molar-refractivity contribution in [2.24, 2.45) is 5.73 Å². The molecule has 6 nitrogen and oxygen atoms in total. The molecule has 1 atom stereocenters. The number of carbonyl (C=O) groups excluding carboxylic acids is 2. The second-order valence-electron chi connectivity index (χ2n) is 6.01. The highest BCUT2D eigenvalue weighted by atomic mass is 16.2. The number of nitrogens with one attached hydrogen (secondary N) is 1. The van der Waals surface area contributed by atoms with E-state index in [1.54, 1.807) is 0 Å². The molecule has 0 aliphatic heterocycles. The highest BCUT2D eigenvalue weighted by molar-refractivity contribution is 6.06.